The maximum atomic E-state index is 13.8. The molecule has 3 rings (SSSR count). The summed E-state index contributed by atoms with van der Waals surface area (Å²) >= 11 is 0. The fraction of sp³-hybridized carbons (Fsp3) is 0.808. The minimum atomic E-state index is -0.977. The van der Waals surface area contributed by atoms with E-state index in [1.54, 1.807) is 0 Å². The van der Waals surface area contributed by atoms with Gasteiger partial charge in [-0.2, -0.15) is 5.48 Å². The molecule has 2 aliphatic carbocycles. The van der Waals surface area contributed by atoms with Crippen LogP contribution >= 0.6 is 0 Å². The van der Waals surface area contributed by atoms with Gasteiger partial charge in [0.2, 0.25) is 17.6 Å². The third kappa shape index (κ3) is 6.51. The summed E-state index contributed by atoms with van der Waals surface area (Å²) in [4.78, 5) is 72.3. The van der Waals surface area contributed by atoms with Crippen molar-refractivity contribution in [3.05, 3.63) is 0 Å². The van der Waals surface area contributed by atoms with E-state index >= 15 is 0 Å². The molecule has 0 aromatic carbocycles. The molecule has 1 heterocycles. The predicted octanol–water partition coefficient (Wildman–Crippen LogP) is 1.27. The van der Waals surface area contributed by atoms with Gasteiger partial charge in [-0.3, -0.25) is 28.8 Å². The van der Waals surface area contributed by atoms with Crippen LogP contribution in [0.4, 0.5) is 0 Å². The number of carbonyl (C=O) groups excluding carboxylic acids is 5. The van der Waals surface area contributed by atoms with Gasteiger partial charge in [-0.25, -0.2) is 0 Å². The van der Waals surface area contributed by atoms with Crippen LogP contribution in [0.15, 0.2) is 0 Å². The lowest BCUT2D eigenvalue weighted by Gasteiger charge is -2.36. The number of hydroxylamine groups is 1. The van der Waals surface area contributed by atoms with Crippen LogP contribution in [0, 0.1) is 17.3 Å². The van der Waals surface area contributed by atoms with E-state index in [2.05, 4.69) is 16.1 Å². The Morgan fingerprint density at radius 3 is 2.33 bits per heavy atom. The summed E-state index contributed by atoms with van der Waals surface area (Å²) in [6.45, 7) is 11.4. The van der Waals surface area contributed by atoms with Crippen molar-refractivity contribution >= 4 is 29.3 Å². The molecule has 5 atom stereocenters. The second-order valence-corrected chi connectivity index (χ2v) is 11.8. The van der Waals surface area contributed by atoms with Gasteiger partial charge in [0.15, 0.2) is 0 Å². The second-order valence-electron chi connectivity index (χ2n) is 11.8. The Morgan fingerprint density at radius 1 is 1.11 bits per heavy atom. The summed E-state index contributed by atoms with van der Waals surface area (Å²) in [6.07, 6.45) is 3.32. The van der Waals surface area contributed by atoms with Crippen molar-refractivity contribution in [2.75, 3.05) is 6.54 Å². The quantitative estimate of drug-likeness (QED) is 0.284. The largest absolute Gasteiger partial charge is 0.347 e. The van der Waals surface area contributed by atoms with Crippen LogP contribution in [0.1, 0.15) is 80.1 Å². The van der Waals surface area contributed by atoms with Crippen molar-refractivity contribution in [2.24, 2.45) is 17.3 Å². The molecule has 10 nitrogen and oxygen atoms in total. The Morgan fingerprint density at radius 2 is 1.78 bits per heavy atom. The van der Waals surface area contributed by atoms with Crippen molar-refractivity contribution < 1.29 is 28.8 Å². The second kappa shape index (κ2) is 11.4. The number of carbonyl (C=O) groups is 5. The van der Waals surface area contributed by atoms with Crippen molar-refractivity contribution in [2.45, 2.75) is 110 Å². The molecule has 36 heavy (non-hydrogen) atoms. The van der Waals surface area contributed by atoms with Gasteiger partial charge in [0, 0.05) is 30.8 Å². The normalized spacial score (nSPS) is 25.5. The lowest BCUT2D eigenvalue weighted by Crippen LogP contribution is -2.59. The van der Waals surface area contributed by atoms with Crippen LogP contribution < -0.4 is 16.1 Å². The number of amides is 3. The summed E-state index contributed by atoms with van der Waals surface area (Å²) in [5.74, 6) is -2.85. The van der Waals surface area contributed by atoms with E-state index in [1.807, 2.05) is 41.5 Å². The molecule has 0 bridgehead atoms. The minimum Gasteiger partial charge on any atom is -0.347 e. The Bertz CT molecular complexity index is 878. The van der Waals surface area contributed by atoms with Gasteiger partial charge >= 0.3 is 0 Å². The standard InChI is InChI=1S/C26H42N4O6/c1-7-8-18(21(32)24(34)27-15-9-10-15)28-23(33)20-16-11-12-19(31)17(16)13-30(20)25(35)22(26(4,5)6)29-36-14(2)3/h14-18,20,22,29H,7-13H2,1-6H3,(H,27,34)(H,28,33)/t16-,17-,18?,20-,22+/m0/s1. The Labute approximate surface area is 213 Å². The number of Topliss-reactive ketones (excluding diaryl/α,β-unsaturated/α-hetero) is 2. The van der Waals surface area contributed by atoms with E-state index in [0.29, 0.717) is 25.7 Å². The topological polar surface area (TPSA) is 134 Å². The van der Waals surface area contributed by atoms with E-state index in [9.17, 15) is 24.0 Å². The molecular formula is C26H42N4O6. The van der Waals surface area contributed by atoms with Gasteiger partial charge < -0.3 is 15.5 Å². The number of fused-ring (bicyclic) bond motifs is 1. The average Bonchev–Trinajstić information content (AvgIpc) is 3.40. The highest BCUT2D eigenvalue weighted by molar-refractivity contribution is 6.38. The van der Waals surface area contributed by atoms with Crippen LogP contribution in [0.2, 0.25) is 0 Å². The molecule has 1 saturated heterocycles. The van der Waals surface area contributed by atoms with Crippen molar-refractivity contribution in [1.82, 2.24) is 21.0 Å². The summed E-state index contributed by atoms with van der Waals surface area (Å²) in [6, 6.07) is -2.59. The molecular weight excluding hydrogens is 464 g/mol. The first kappa shape index (κ1) is 28.2. The number of nitrogens with one attached hydrogen (secondary N) is 3. The Balaban J connectivity index is 1.82. The van der Waals surface area contributed by atoms with Crippen LogP contribution in [0.25, 0.3) is 0 Å². The first-order chi connectivity index (χ1) is 16.8. The van der Waals surface area contributed by atoms with E-state index < -0.39 is 47.1 Å². The molecule has 3 amide bonds. The molecule has 2 saturated carbocycles. The number of likely N-dealkylation sites (tertiary alicyclic amines) is 1. The zero-order valence-electron chi connectivity index (χ0n) is 22.4. The zero-order valence-corrected chi connectivity index (χ0v) is 22.4. The molecule has 10 heteroatoms. The lowest BCUT2D eigenvalue weighted by molar-refractivity contribution is -0.150. The van der Waals surface area contributed by atoms with Crippen LogP contribution in [0.5, 0.6) is 0 Å². The van der Waals surface area contributed by atoms with Crippen LogP contribution in [-0.4, -0.2) is 71.0 Å². The van der Waals surface area contributed by atoms with Gasteiger partial charge in [0.1, 0.15) is 17.9 Å². The number of rotatable bonds is 11. The fourth-order valence-electron chi connectivity index (χ4n) is 5.09. The molecule has 0 radical (unpaired) electrons. The molecule has 3 fully saturated rings. The molecule has 1 aliphatic heterocycles. The van der Waals surface area contributed by atoms with Gasteiger partial charge in [-0.15, -0.1) is 0 Å². The van der Waals surface area contributed by atoms with E-state index in [1.165, 1.54) is 4.90 Å². The summed E-state index contributed by atoms with van der Waals surface area (Å²) in [7, 11) is 0. The first-order valence-electron chi connectivity index (χ1n) is 13.2. The van der Waals surface area contributed by atoms with E-state index in [-0.39, 0.29) is 36.3 Å². The summed E-state index contributed by atoms with van der Waals surface area (Å²) in [5.41, 5.74) is 2.34. The maximum Gasteiger partial charge on any atom is 0.289 e. The minimum absolute atomic E-state index is 0.0301. The Kier molecular flexibility index (Phi) is 8.93. The highest BCUT2D eigenvalue weighted by Crippen LogP contribution is 2.41. The smallest absolute Gasteiger partial charge is 0.289 e. The van der Waals surface area contributed by atoms with Crippen LogP contribution in [0.3, 0.4) is 0 Å². The molecule has 1 unspecified atom stereocenters. The number of nitrogens with zero attached hydrogens (tertiary/aromatic N) is 1. The zero-order chi connectivity index (χ0) is 26.8. The lowest BCUT2D eigenvalue weighted by atomic mass is 9.86. The molecule has 3 N–H and O–H groups in total. The van der Waals surface area contributed by atoms with Gasteiger partial charge in [-0.05, 0) is 44.9 Å². The van der Waals surface area contributed by atoms with Crippen molar-refractivity contribution in [3.63, 3.8) is 0 Å². The third-order valence-corrected chi connectivity index (χ3v) is 7.22. The SMILES string of the molecule is CCCC(NC(=O)[C@@H]1[C@H]2CCC(=O)[C@H]2CN1C(=O)[C@@H](NOC(C)C)C(C)(C)C)C(=O)C(=O)NC1CC1. The molecule has 3 aliphatic rings. The maximum absolute atomic E-state index is 13.8. The first-order valence-corrected chi connectivity index (χ1v) is 13.2. The highest BCUT2D eigenvalue weighted by atomic mass is 16.7. The summed E-state index contributed by atoms with van der Waals surface area (Å²) in [5, 5.41) is 5.46. The predicted molar refractivity (Wildman–Crippen MR) is 132 cm³/mol. The molecule has 202 valence electrons. The van der Waals surface area contributed by atoms with E-state index in [4.69, 9.17) is 4.84 Å². The highest BCUT2D eigenvalue weighted by Gasteiger charge is 2.54. The molecule has 0 aromatic heterocycles. The Hall–Kier alpha value is -2.33. The van der Waals surface area contributed by atoms with Crippen molar-refractivity contribution in [3.8, 4) is 0 Å². The summed E-state index contributed by atoms with van der Waals surface area (Å²) < 4.78 is 0. The van der Waals surface area contributed by atoms with Gasteiger partial charge in [0.05, 0.1) is 12.1 Å². The molecule has 0 aromatic rings. The number of ketones is 2. The van der Waals surface area contributed by atoms with Gasteiger partial charge in [-0.1, -0.05) is 34.1 Å². The van der Waals surface area contributed by atoms with Gasteiger partial charge in [0.25, 0.3) is 5.91 Å². The fourth-order valence-corrected chi connectivity index (χ4v) is 5.09. The number of hydrogen-bond acceptors (Lipinski definition) is 7. The third-order valence-electron chi connectivity index (χ3n) is 7.22. The van der Waals surface area contributed by atoms with E-state index in [0.717, 1.165) is 12.8 Å². The van der Waals surface area contributed by atoms with Crippen LogP contribution in [-0.2, 0) is 28.8 Å². The van der Waals surface area contributed by atoms with Crippen molar-refractivity contribution in [1.29, 1.82) is 0 Å². The average molecular weight is 507 g/mol. The number of hydrogen-bond donors (Lipinski definition) is 3. The monoisotopic (exact) mass is 506 g/mol. The molecule has 0 spiro atoms.